The van der Waals surface area contributed by atoms with E-state index in [4.69, 9.17) is 0 Å². The van der Waals surface area contributed by atoms with E-state index in [1.165, 1.54) is 13.6 Å². The Labute approximate surface area is 132 Å². The van der Waals surface area contributed by atoms with Gasteiger partial charge in [0.25, 0.3) is 0 Å². The standard InChI is InChI=1S/C17H16N4O2/c1-4-5-6-21-17(23)20-8-7-19(16(22)15(20)18-21)14-10-12(2)9-13(3)11-14/h7-11H,6H2,1-3H3. The normalized spacial score (nSPS) is 10.6. The van der Waals surface area contributed by atoms with E-state index in [1.807, 2.05) is 32.0 Å². The lowest BCUT2D eigenvalue weighted by Crippen LogP contribution is -2.24. The highest BCUT2D eigenvalue weighted by Gasteiger charge is 2.12. The molecule has 6 nitrogen and oxygen atoms in total. The number of hydrogen-bond donors (Lipinski definition) is 0. The van der Waals surface area contributed by atoms with Crippen molar-refractivity contribution in [3.8, 4) is 17.5 Å². The second kappa shape index (κ2) is 5.61. The molecule has 0 aliphatic heterocycles. The van der Waals surface area contributed by atoms with E-state index in [0.29, 0.717) is 0 Å². The third-order valence-corrected chi connectivity index (χ3v) is 3.54. The van der Waals surface area contributed by atoms with Gasteiger partial charge in [0.1, 0.15) is 6.54 Å². The molecule has 0 fully saturated rings. The highest BCUT2D eigenvalue weighted by molar-refractivity contribution is 5.43. The lowest BCUT2D eigenvalue weighted by atomic mass is 10.1. The second-order valence-corrected chi connectivity index (χ2v) is 5.38. The van der Waals surface area contributed by atoms with Crippen LogP contribution < -0.4 is 11.2 Å². The molecule has 6 heteroatoms. The fourth-order valence-electron chi connectivity index (χ4n) is 2.56. The van der Waals surface area contributed by atoms with Crippen molar-refractivity contribution in [3.05, 3.63) is 62.6 Å². The van der Waals surface area contributed by atoms with E-state index in [1.54, 1.807) is 19.3 Å². The summed E-state index contributed by atoms with van der Waals surface area (Å²) < 4.78 is 3.94. The van der Waals surface area contributed by atoms with Gasteiger partial charge in [-0.3, -0.25) is 9.36 Å². The molecule has 0 bridgehead atoms. The van der Waals surface area contributed by atoms with Gasteiger partial charge in [-0.05, 0) is 44.0 Å². The number of rotatable bonds is 2. The highest BCUT2D eigenvalue weighted by atomic mass is 16.2. The fraction of sp³-hybridized carbons (Fsp3) is 0.235. The molecule has 0 amide bonds. The summed E-state index contributed by atoms with van der Waals surface area (Å²) in [6.45, 7) is 5.80. The molecule has 0 atom stereocenters. The SMILES string of the molecule is CC#CCn1nc2c(=O)n(-c3cc(C)cc(C)c3)ccn2c1=O. The summed E-state index contributed by atoms with van der Waals surface area (Å²) in [7, 11) is 0. The Hall–Kier alpha value is -3.07. The molecule has 23 heavy (non-hydrogen) atoms. The topological polar surface area (TPSA) is 61.3 Å². The number of aryl methyl sites for hydroxylation is 2. The lowest BCUT2D eigenvalue weighted by Gasteiger charge is -2.07. The van der Waals surface area contributed by atoms with Crippen LogP contribution in [-0.2, 0) is 6.54 Å². The lowest BCUT2D eigenvalue weighted by molar-refractivity contribution is 0.684. The minimum Gasteiger partial charge on any atom is -0.280 e. The maximum absolute atomic E-state index is 12.7. The van der Waals surface area contributed by atoms with Crippen LogP contribution in [-0.4, -0.2) is 18.7 Å². The molecule has 0 aliphatic rings. The molecular formula is C17H16N4O2. The Balaban J connectivity index is 2.24. The van der Waals surface area contributed by atoms with Crippen LogP contribution in [0.25, 0.3) is 11.3 Å². The van der Waals surface area contributed by atoms with Gasteiger partial charge in [-0.2, -0.15) is 0 Å². The van der Waals surface area contributed by atoms with E-state index >= 15 is 0 Å². The van der Waals surface area contributed by atoms with Crippen LogP contribution in [0.4, 0.5) is 0 Å². The van der Waals surface area contributed by atoms with Crippen molar-refractivity contribution in [2.75, 3.05) is 0 Å². The maximum Gasteiger partial charge on any atom is 0.351 e. The molecule has 3 aromatic rings. The van der Waals surface area contributed by atoms with Crippen molar-refractivity contribution in [2.24, 2.45) is 0 Å². The van der Waals surface area contributed by atoms with Gasteiger partial charge in [0.2, 0.25) is 5.65 Å². The van der Waals surface area contributed by atoms with Crippen molar-refractivity contribution in [3.63, 3.8) is 0 Å². The van der Waals surface area contributed by atoms with Gasteiger partial charge in [0.05, 0.1) is 0 Å². The first-order valence-electron chi connectivity index (χ1n) is 7.20. The molecule has 0 aliphatic carbocycles. The van der Waals surface area contributed by atoms with Crippen molar-refractivity contribution >= 4 is 5.65 Å². The maximum atomic E-state index is 12.7. The van der Waals surface area contributed by atoms with Crippen LogP contribution in [0.1, 0.15) is 18.1 Å². The van der Waals surface area contributed by atoms with Crippen LogP contribution in [0.5, 0.6) is 0 Å². The largest absolute Gasteiger partial charge is 0.351 e. The zero-order valence-electron chi connectivity index (χ0n) is 13.2. The van der Waals surface area contributed by atoms with Crippen molar-refractivity contribution in [1.29, 1.82) is 0 Å². The third kappa shape index (κ3) is 2.57. The number of fused-ring (bicyclic) bond motifs is 1. The summed E-state index contributed by atoms with van der Waals surface area (Å²) in [5, 5.41) is 4.11. The Bertz CT molecular complexity index is 1050. The zero-order chi connectivity index (χ0) is 16.6. The Morgan fingerprint density at radius 1 is 1.09 bits per heavy atom. The van der Waals surface area contributed by atoms with Gasteiger partial charge in [0.15, 0.2) is 0 Å². The summed E-state index contributed by atoms with van der Waals surface area (Å²) in [6.07, 6.45) is 3.14. The molecule has 0 saturated carbocycles. The van der Waals surface area contributed by atoms with E-state index in [-0.39, 0.29) is 23.4 Å². The molecule has 116 valence electrons. The first-order valence-corrected chi connectivity index (χ1v) is 7.20. The first-order chi connectivity index (χ1) is 11.0. The van der Waals surface area contributed by atoms with Crippen LogP contribution in [0, 0.1) is 25.7 Å². The molecule has 3 rings (SSSR count). The van der Waals surface area contributed by atoms with Gasteiger partial charge < -0.3 is 0 Å². The average molecular weight is 308 g/mol. The summed E-state index contributed by atoms with van der Waals surface area (Å²) in [5.74, 6) is 5.49. The predicted octanol–water partition coefficient (Wildman–Crippen LogP) is 1.29. The third-order valence-electron chi connectivity index (χ3n) is 3.54. The van der Waals surface area contributed by atoms with Gasteiger partial charge in [-0.15, -0.1) is 11.0 Å². The fourth-order valence-corrected chi connectivity index (χ4v) is 2.56. The molecule has 0 saturated heterocycles. The molecule has 2 aromatic heterocycles. The summed E-state index contributed by atoms with van der Waals surface area (Å²) in [5.41, 5.74) is 2.27. The molecule has 0 spiro atoms. The van der Waals surface area contributed by atoms with E-state index < -0.39 is 0 Å². The van der Waals surface area contributed by atoms with Crippen LogP contribution in [0.3, 0.4) is 0 Å². The quantitative estimate of drug-likeness (QED) is 0.670. The van der Waals surface area contributed by atoms with Crippen molar-refractivity contribution in [1.82, 2.24) is 18.7 Å². The minimum absolute atomic E-state index is 0.0922. The van der Waals surface area contributed by atoms with E-state index in [9.17, 15) is 9.59 Å². The molecular weight excluding hydrogens is 292 g/mol. The van der Waals surface area contributed by atoms with Gasteiger partial charge >= 0.3 is 11.2 Å². The summed E-state index contributed by atoms with van der Waals surface area (Å²) in [6, 6.07) is 5.88. The smallest absolute Gasteiger partial charge is 0.280 e. The van der Waals surface area contributed by atoms with Crippen LogP contribution >= 0.6 is 0 Å². The summed E-state index contributed by atoms with van der Waals surface area (Å²) >= 11 is 0. The molecule has 2 heterocycles. The van der Waals surface area contributed by atoms with Gasteiger partial charge in [-0.1, -0.05) is 12.0 Å². The average Bonchev–Trinajstić information content (AvgIpc) is 2.82. The molecule has 0 N–H and O–H groups in total. The first kappa shape index (κ1) is 14.9. The summed E-state index contributed by atoms with van der Waals surface area (Å²) in [4.78, 5) is 24.9. The monoisotopic (exact) mass is 308 g/mol. The highest BCUT2D eigenvalue weighted by Crippen LogP contribution is 2.12. The Morgan fingerprint density at radius 2 is 1.78 bits per heavy atom. The van der Waals surface area contributed by atoms with E-state index in [2.05, 4.69) is 16.9 Å². The Kier molecular flexibility index (Phi) is 3.62. The number of benzene rings is 1. The number of nitrogens with zero attached hydrogens (tertiary/aromatic N) is 4. The number of aromatic nitrogens is 4. The second-order valence-electron chi connectivity index (χ2n) is 5.38. The Morgan fingerprint density at radius 3 is 2.43 bits per heavy atom. The molecule has 0 unspecified atom stereocenters. The van der Waals surface area contributed by atoms with Crippen molar-refractivity contribution < 1.29 is 0 Å². The van der Waals surface area contributed by atoms with Gasteiger partial charge in [0, 0.05) is 18.1 Å². The molecule has 0 radical (unpaired) electrons. The molecule has 1 aromatic carbocycles. The van der Waals surface area contributed by atoms with Crippen LogP contribution in [0.15, 0.2) is 40.2 Å². The predicted molar refractivity (Wildman–Crippen MR) is 88.0 cm³/mol. The van der Waals surface area contributed by atoms with Gasteiger partial charge in [-0.25, -0.2) is 13.9 Å². The van der Waals surface area contributed by atoms with Crippen LogP contribution in [0.2, 0.25) is 0 Å². The van der Waals surface area contributed by atoms with Crippen molar-refractivity contribution in [2.45, 2.75) is 27.3 Å². The zero-order valence-corrected chi connectivity index (χ0v) is 13.2. The number of hydrogen-bond acceptors (Lipinski definition) is 3. The van der Waals surface area contributed by atoms with E-state index in [0.717, 1.165) is 16.8 Å². The minimum atomic E-state index is -0.368.